The van der Waals surface area contributed by atoms with E-state index in [0.29, 0.717) is 0 Å². The Morgan fingerprint density at radius 1 is 1.29 bits per heavy atom. The van der Waals surface area contributed by atoms with Crippen molar-refractivity contribution in [2.24, 2.45) is 0 Å². The molecule has 0 atom stereocenters. The zero-order valence-corrected chi connectivity index (χ0v) is 10.1. The third kappa shape index (κ3) is 4.55. The van der Waals surface area contributed by atoms with Crippen molar-refractivity contribution in [2.75, 3.05) is 13.7 Å². The summed E-state index contributed by atoms with van der Waals surface area (Å²) < 4.78 is 5.07. The Hall–Kier alpha value is -2.03. The Morgan fingerprint density at radius 2 is 2.00 bits per heavy atom. The third-order valence-electron chi connectivity index (χ3n) is 2.34. The number of methoxy groups -OCH3 is 1. The summed E-state index contributed by atoms with van der Waals surface area (Å²) in [6.07, 6.45) is 4.76. The zero-order valence-electron chi connectivity index (χ0n) is 10.1. The maximum Gasteiger partial charge on any atom is 0.150 e. The van der Waals surface area contributed by atoms with Crippen molar-refractivity contribution in [1.29, 1.82) is 0 Å². The third-order valence-corrected chi connectivity index (χ3v) is 2.34. The molecule has 0 saturated heterocycles. The standard InChI is InChI=1S/C7H11NO.C7H6O/c1-6-3-4-8-5-7(6)9-2;8-6-7-4-2-1-3-5-7/h3-4,8H,5H2,1-2H3;1-6H. The molecule has 1 heterocycles. The lowest BCUT2D eigenvalue weighted by atomic mass is 10.2. The molecule has 1 N–H and O–H groups in total. The molecule has 2 rings (SSSR count). The van der Waals surface area contributed by atoms with Crippen LogP contribution in [0.4, 0.5) is 0 Å². The quantitative estimate of drug-likeness (QED) is 0.795. The molecular weight excluding hydrogens is 214 g/mol. The molecule has 0 saturated carbocycles. The second kappa shape index (κ2) is 7.28. The Labute approximate surface area is 102 Å². The van der Waals surface area contributed by atoms with Gasteiger partial charge in [-0.15, -0.1) is 0 Å². The molecule has 0 aliphatic carbocycles. The number of aldehydes is 1. The van der Waals surface area contributed by atoms with E-state index in [4.69, 9.17) is 4.74 Å². The molecule has 0 unspecified atom stereocenters. The number of carbonyl (C=O) groups is 1. The van der Waals surface area contributed by atoms with Gasteiger partial charge < -0.3 is 10.1 Å². The lowest BCUT2D eigenvalue weighted by Crippen LogP contribution is -2.15. The summed E-state index contributed by atoms with van der Waals surface area (Å²) >= 11 is 0. The van der Waals surface area contributed by atoms with Gasteiger partial charge in [0.05, 0.1) is 13.7 Å². The molecule has 1 aliphatic rings. The van der Waals surface area contributed by atoms with Crippen molar-refractivity contribution < 1.29 is 9.53 Å². The molecule has 0 spiro atoms. The highest BCUT2D eigenvalue weighted by molar-refractivity contribution is 5.74. The maximum absolute atomic E-state index is 10.0. The van der Waals surface area contributed by atoms with Gasteiger partial charge in [-0.25, -0.2) is 0 Å². The molecule has 0 radical (unpaired) electrons. The van der Waals surface area contributed by atoms with Crippen LogP contribution in [0, 0.1) is 0 Å². The molecule has 1 aliphatic heterocycles. The van der Waals surface area contributed by atoms with Crippen LogP contribution in [0.15, 0.2) is 53.9 Å². The van der Waals surface area contributed by atoms with E-state index < -0.39 is 0 Å². The number of dihydropyridines is 1. The van der Waals surface area contributed by atoms with E-state index in [9.17, 15) is 4.79 Å². The fraction of sp³-hybridized carbons (Fsp3) is 0.214. The highest BCUT2D eigenvalue weighted by atomic mass is 16.5. The van der Waals surface area contributed by atoms with E-state index in [0.717, 1.165) is 24.2 Å². The Morgan fingerprint density at radius 3 is 2.41 bits per heavy atom. The first-order chi connectivity index (χ1) is 8.27. The van der Waals surface area contributed by atoms with Gasteiger partial charge in [-0.1, -0.05) is 30.3 Å². The van der Waals surface area contributed by atoms with Crippen molar-refractivity contribution >= 4 is 6.29 Å². The van der Waals surface area contributed by atoms with Crippen LogP contribution in [-0.2, 0) is 4.74 Å². The van der Waals surface area contributed by atoms with Crippen LogP contribution in [-0.4, -0.2) is 19.9 Å². The van der Waals surface area contributed by atoms with Crippen LogP contribution in [0.2, 0.25) is 0 Å². The summed E-state index contributed by atoms with van der Waals surface area (Å²) in [5.41, 5.74) is 1.93. The molecule has 90 valence electrons. The SMILES string of the molecule is COC1=C(C)C=CNC1.O=Cc1ccccc1. The van der Waals surface area contributed by atoms with Gasteiger partial charge in [0.1, 0.15) is 12.0 Å². The maximum atomic E-state index is 10.0. The number of ether oxygens (including phenoxy) is 1. The molecule has 0 fully saturated rings. The van der Waals surface area contributed by atoms with Gasteiger partial charge in [-0.2, -0.15) is 0 Å². The van der Waals surface area contributed by atoms with Gasteiger partial charge in [0.25, 0.3) is 0 Å². The Kier molecular flexibility index (Phi) is 5.58. The van der Waals surface area contributed by atoms with E-state index in [-0.39, 0.29) is 0 Å². The smallest absolute Gasteiger partial charge is 0.150 e. The lowest BCUT2D eigenvalue weighted by Gasteiger charge is -2.12. The minimum absolute atomic E-state index is 0.729. The minimum atomic E-state index is 0.729. The largest absolute Gasteiger partial charge is 0.499 e. The van der Waals surface area contributed by atoms with Crippen molar-refractivity contribution in [3.8, 4) is 0 Å². The first-order valence-corrected chi connectivity index (χ1v) is 5.42. The van der Waals surface area contributed by atoms with E-state index in [1.165, 1.54) is 5.57 Å². The lowest BCUT2D eigenvalue weighted by molar-refractivity contribution is 0.112. The molecule has 17 heavy (non-hydrogen) atoms. The number of allylic oxidation sites excluding steroid dienone is 2. The predicted molar refractivity (Wildman–Crippen MR) is 68.7 cm³/mol. The second-order valence-corrected chi connectivity index (χ2v) is 3.55. The fourth-order valence-electron chi connectivity index (χ4n) is 1.33. The summed E-state index contributed by atoms with van der Waals surface area (Å²) in [5, 5.41) is 3.05. The van der Waals surface area contributed by atoms with Gasteiger partial charge >= 0.3 is 0 Å². The minimum Gasteiger partial charge on any atom is -0.499 e. The van der Waals surface area contributed by atoms with Crippen molar-refractivity contribution in [1.82, 2.24) is 5.32 Å². The highest BCUT2D eigenvalue weighted by Crippen LogP contribution is 2.07. The van der Waals surface area contributed by atoms with E-state index in [1.807, 2.05) is 37.4 Å². The highest BCUT2D eigenvalue weighted by Gasteiger charge is 2.01. The molecule has 1 aromatic carbocycles. The van der Waals surface area contributed by atoms with Crippen molar-refractivity contribution in [3.63, 3.8) is 0 Å². The van der Waals surface area contributed by atoms with E-state index >= 15 is 0 Å². The van der Waals surface area contributed by atoms with E-state index in [2.05, 4.69) is 5.32 Å². The van der Waals surface area contributed by atoms with Crippen LogP contribution in [0.3, 0.4) is 0 Å². The first kappa shape index (κ1) is 13.0. The predicted octanol–water partition coefficient (Wildman–Crippen LogP) is 2.52. The van der Waals surface area contributed by atoms with Gasteiger partial charge in [0.15, 0.2) is 0 Å². The van der Waals surface area contributed by atoms with Gasteiger partial charge in [0.2, 0.25) is 0 Å². The molecule has 0 amide bonds. The second-order valence-electron chi connectivity index (χ2n) is 3.55. The number of rotatable bonds is 2. The molecule has 0 aromatic heterocycles. The molecule has 3 heteroatoms. The number of hydrogen-bond acceptors (Lipinski definition) is 3. The number of carbonyl (C=O) groups excluding carboxylic acids is 1. The van der Waals surface area contributed by atoms with Crippen LogP contribution in [0.25, 0.3) is 0 Å². The summed E-state index contributed by atoms with van der Waals surface area (Å²) in [4.78, 5) is 10.0. The molecule has 1 aromatic rings. The normalized spacial score (nSPS) is 13.3. The van der Waals surface area contributed by atoms with Crippen LogP contribution in [0.1, 0.15) is 17.3 Å². The molecular formula is C14H17NO2. The average Bonchev–Trinajstić information content (AvgIpc) is 2.41. The van der Waals surface area contributed by atoms with Crippen LogP contribution < -0.4 is 5.32 Å². The van der Waals surface area contributed by atoms with E-state index in [1.54, 1.807) is 19.2 Å². The van der Waals surface area contributed by atoms with Crippen molar-refractivity contribution in [3.05, 3.63) is 59.5 Å². The number of nitrogens with one attached hydrogen (secondary N) is 1. The summed E-state index contributed by atoms with van der Waals surface area (Å²) in [6.45, 7) is 2.86. The van der Waals surface area contributed by atoms with Gasteiger partial charge in [-0.3, -0.25) is 4.79 Å². The van der Waals surface area contributed by atoms with Crippen LogP contribution >= 0.6 is 0 Å². The zero-order chi connectivity index (χ0) is 12.5. The summed E-state index contributed by atoms with van der Waals surface area (Å²) in [7, 11) is 1.69. The average molecular weight is 231 g/mol. The Bertz CT molecular complexity index is 407. The Balaban J connectivity index is 0.000000171. The molecule has 0 bridgehead atoms. The van der Waals surface area contributed by atoms with Gasteiger partial charge in [-0.05, 0) is 24.8 Å². The fourth-order valence-corrected chi connectivity index (χ4v) is 1.33. The summed E-state index contributed by atoms with van der Waals surface area (Å²) in [6, 6.07) is 9.10. The summed E-state index contributed by atoms with van der Waals surface area (Å²) in [5.74, 6) is 1.03. The van der Waals surface area contributed by atoms with Crippen LogP contribution in [0.5, 0.6) is 0 Å². The topological polar surface area (TPSA) is 38.3 Å². The van der Waals surface area contributed by atoms with Gasteiger partial charge in [0, 0.05) is 5.56 Å². The molecule has 3 nitrogen and oxygen atoms in total. The first-order valence-electron chi connectivity index (χ1n) is 5.42. The number of benzene rings is 1. The monoisotopic (exact) mass is 231 g/mol. The van der Waals surface area contributed by atoms with Crippen molar-refractivity contribution in [2.45, 2.75) is 6.92 Å². The number of hydrogen-bond donors (Lipinski definition) is 1.